The highest BCUT2D eigenvalue weighted by Crippen LogP contribution is 2.33. The van der Waals surface area contributed by atoms with Gasteiger partial charge in [0.25, 0.3) is 0 Å². The van der Waals surface area contributed by atoms with Crippen molar-refractivity contribution >= 4 is 21.9 Å². The van der Waals surface area contributed by atoms with E-state index in [2.05, 4.69) is 40.1 Å². The van der Waals surface area contributed by atoms with E-state index in [9.17, 15) is 0 Å². The third-order valence-electron chi connectivity index (χ3n) is 4.94. The minimum atomic E-state index is -0.528. The quantitative estimate of drug-likeness (QED) is 0.458. The zero-order chi connectivity index (χ0) is 20.8. The Labute approximate surface area is 173 Å². The van der Waals surface area contributed by atoms with Gasteiger partial charge in [-0.2, -0.15) is 5.10 Å². The molecule has 0 saturated carbocycles. The molecule has 0 aromatic carbocycles. The van der Waals surface area contributed by atoms with Crippen molar-refractivity contribution in [3.63, 3.8) is 0 Å². The van der Waals surface area contributed by atoms with E-state index >= 15 is 4.39 Å². The third kappa shape index (κ3) is 2.73. The highest BCUT2D eigenvalue weighted by molar-refractivity contribution is 5.97. The number of H-pyrrole nitrogens is 2. The molecule has 0 fully saturated rings. The van der Waals surface area contributed by atoms with Gasteiger partial charge in [-0.15, -0.1) is 0 Å². The van der Waals surface area contributed by atoms with E-state index in [-0.39, 0.29) is 11.1 Å². The fourth-order valence-corrected chi connectivity index (χ4v) is 3.52. The predicted molar refractivity (Wildman–Crippen MR) is 111 cm³/mol. The molecule has 0 aliphatic heterocycles. The number of aromatic nitrogens is 9. The molecule has 0 amide bonds. The highest BCUT2D eigenvalue weighted by atomic mass is 19.1. The average molecular weight is 409 g/mol. The number of rotatable bonds is 3. The first kappa shape index (κ1) is 17.3. The Hall–Kier alpha value is -4.60. The normalized spacial score (nSPS) is 11.4. The predicted octanol–water partition coefficient (Wildman–Crippen LogP) is 3.55. The van der Waals surface area contributed by atoms with E-state index in [4.69, 9.17) is 4.98 Å². The lowest BCUT2D eigenvalue weighted by Gasteiger charge is -2.03. The fraction of sp³-hybridized carbons (Fsp3) is 0. The first-order valence-corrected chi connectivity index (χ1v) is 9.33. The number of nitrogens with zero attached hydrogens (tertiary/aromatic N) is 7. The molecular formula is C21H12FN9. The molecule has 0 aliphatic rings. The molecule has 0 bridgehead atoms. The molecule has 0 spiro atoms. The molecule has 148 valence electrons. The molecule has 10 heteroatoms. The molecule has 2 N–H and O–H groups in total. The molecular weight excluding hydrogens is 397 g/mol. The van der Waals surface area contributed by atoms with Crippen molar-refractivity contribution in [1.82, 2.24) is 45.1 Å². The summed E-state index contributed by atoms with van der Waals surface area (Å²) in [4.78, 5) is 28.6. The van der Waals surface area contributed by atoms with Gasteiger partial charge < -0.3 is 4.98 Å². The molecule has 0 radical (unpaired) electrons. The van der Waals surface area contributed by atoms with Crippen LogP contribution in [-0.2, 0) is 0 Å². The summed E-state index contributed by atoms with van der Waals surface area (Å²) < 4.78 is 15.5. The van der Waals surface area contributed by atoms with Gasteiger partial charge in [0.05, 0.1) is 34.5 Å². The molecule has 6 heterocycles. The lowest BCUT2D eigenvalue weighted by Crippen LogP contribution is -1.93. The van der Waals surface area contributed by atoms with Crippen LogP contribution in [0.5, 0.6) is 0 Å². The number of pyridine rings is 3. The summed E-state index contributed by atoms with van der Waals surface area (Å²) in [5.74, 6) is -0.119. The largest absolute Gasteiger partial charge is 0.335 e. The Kier molecular flexibility index (Phi) is 3.75. The molecule has 0 aliphatic carbocycles. The van der Waals surface area contributed by atoms with E-state index in [1.165, 1.54) is 24.9 Å². The summed E-state index contributed by atoms with van der Waals surface area (Å²) in [6.07, 6.45) is 11.0. The monoisotopic (exact) mass is 409 g/mol. The summed E-state index contributed by atoms with van der Waals surface area (Å²) in [5.41, 5.74) is 4.29. The van der Waals surface area contributed by atoms with Crippen molar-refractivity contribution in [2.45, 2.75) is 0 Å². The number of hydrogen-bond acceptors (Lipinski definition) is 7. The first-order valence-electron chi connectivity index (χ1n) is 9.33. The highest BCUT2D eigenvalue weighted by Gasteiger charge is 2.21. The lowest BCUT2D eigenvalue weighted by molar-refractivity contribution is 0.638. The minimum absolute atomic E-state index is 0.141. The van der Waals surface area contributed by atoms with Crippen LogP contribution in [0.25, 0.3) is 56.0 Å². The molecule has 0 unspecified atom stereocenters. The van der Waals surface area contributed by atoms with Gasteiger partial charge in [0.1, 0.15) is 23.2 Å². The fourth-order valence-electron chi connectivity index (χ4n) is 3.52. The number of hydrogen-bond donors (Lipinski definition) is 2. The van der Waals surface area contributed by atoms with Crippen molar-refractivity contribution in [3.05, 3.63) is 67.5 Å². The van der Waals surface area contributed by atoms with Gasteiger partial charge in [-0.3, -0.25) is 20.1 Å². The minimum Gasteiger partial charge on any atom is -0.335 e. The Morgan fingerprint density at radius 1 is 0.839 bits per heavy atom. The number of halogens is 1. The van der Waals surface area contributed by atoms with Crippen LogP contribution < -0.4 is 0 Å². The maximum Gasteiger partial charge on any atom is 0.161 e. The van der Waals surface area contributed by atoms with Gasteiger partial charge in [0, 0.05) is 35.9 Å². The van der Waals surface area contributed by atoms with E-state index in [0.29, 0.717) is 33.6 Å². The summed E-state index contributed by atoms with van der Waals surface area (Å²) in [6, 6.07) is 5.62. The maximum atomic E-state index is 15.5. The van der Waals surface area contributed by atoms with Gasteiger partial charge >= 0.3 is 0 Å². The zero-order valence-corrected chi connectivity index (χ0v) is 15.8. The Morgan fingerprint density at radius 3 is 2.58 bits per heavy atom. The van der Waals surface area contributed by atoms with Gasteiger partial charge in [-0.05, 0) is 12.1 Å². The van der Waals surface area contributed by atoms with Crippen LogP contribution in [0, 0.1) is 5.82 Å². The van der Waals surface area contributed by atoms with Crippen molar-refractivity contribution in [1.29, 1.82) is 0 Å². The second kappa shape index (κ2) is 6.73. The van der Waals surface area contributed by atoms with E-state index in [1.807, 2.05) is 18.2 Å². The topological polar surface area (TPSA) is 122 Å². The van der Waals surface area contributed by atoms with Crippen LogP contribution in [0.1, 0.15) is 0 Å². The van der Waals surface area contributed by atoms with Crippen molar-refractivity contribution < 1.29 is 4.39 Å². The molecule has 31 heavy (non-hydrogen) atoms. The van der Waals surface area contributed by atoms with Crippen molar-refractivity contribution in [3.8, 4) is 34.0 Å². The molecule has 0 saturated heterocycles. The zero-order valence-electron chi connectivity index (χ0n) is 15.8. The standard InChI is InChI=1S/C21H12FN9/c22-17-16-14(9-27-18(17)11-5-24-10-25-6-11)30-31-20(16)21-28-15-8-23-7-12(19(15)29-21)13-3-1-2-4-26-13/h1-10H,(H,28,29)(H,30,31). The van der Waals surface area contributed by atoms with E-state index in [0.717, 1.165) is 11.3 Å². The van der Waals surface area contributed by atoms with Crippen LogP contribution in [-0.4, -0.2) is 45.1 Å². The van der Waals surface area contributed by atoms with Gasteiger partial charge in [0.2, 0.25) is 0 Å². The Balaban J connectivity index is 1.56. The van der Waals surface area contributed by atoms with Crippen molar-refractivity contribution in [2.24, 2.45) is 0 Å². The van der Waals surface area contributed by atoms with Crippen LogP contribution in [0.2, 0.25) is 0 Å². The van der Waals surface area contributed by atoms with Gasteiger partial charge in [0.15, 0.2) is 11.6 Å². The Bertz CT molecular complexity index is 1540. The van der Waals surface area contributed by atoms with Gasteiger partial charge in [-0.1, -0.05) is 6.07 Å². The maximum absolute atomic E-state index is 15.5. The molecule has 9 nitrogen and oxygen atoms in total. The molecule has 6 aromatic rings. The number of imidazole rings is 1. The second-order valence-corrected chi connectivity index (χ2v) is 6.79. The molecule has 6 aromatic heterocycles. The van der Waals surface area contributed by atoms with Crippen LogP contribution in [0.15, 0.2) is 61.7 Å². The molecule has 6 rings (SSSR count). The SMILES string of the molecule is Fc1c(-c2cncnc2)ncc2[nH]nc(-c3nc4c(-c5ccccn5)cncc4[nH]3)c12. The molecule has 0 atom stereocenters. The Morgan fingerprint density at radius 2 is 1.74 bits per heavy atom. The summed E-state index contributed by atoms with van der Waals surface area (Å²) in [7, 11) is 0. The summed E-state index contributed by atoms with van der Waals surface area (Å²) in [6.45, 7) is 0. The first-order chi connectivity index (χ1) is 15.3. The van der Waals surface area contributed by atoms with E-state index < -0.39 is 5.82 Å². The van der Waals surface area contributed by atoms with Gasteiger partial charge in [-0.25, -0.2) is 19.3 Å². The van der Waals surface area contributed by atoms with Crippen molar-refractivity contribution in [2.75, 3.05) is 0 Å². The summed E-state index contributed by atoms with van der Waals surface area (Å²) >= 11 is 0. The lowest BCUT2D eigenvalue weighted by atomic mass is 10.1. The second-order valence-electron chi connectivity index (χ2n) is 6.79. The number of nitrogens with one attached hydrogen (secondary N) is 2. The van der Waals surface area contributed by atoms with Crippen LogP contribution in [0.3, 0.4) is 0 Å². The number of fused-ring (bicyclic) bond motifs is 2. The number of aromatic amines is 2. The third-order valence-corrected chi connectivity index (χ3v) is 4.94. The van der Waals surface area contributed by atoms with Crippen LogP contribution >= 0.6 is 0 Å². The average Bonchev–Trinajstić information content (AvgIpc) is 3.45. The van der Waals surface area contributed by atoms with Crippen LogP contribution in [0.4, 0.5) is 4.39 Å². The van der Waals surface area contributed by atoms with E-state index in [1.54, 1.807) is 18.6 Å². The summed E-state index contributed by atoms with van der Waals surface area (Å²) in [5, 5.41) is 7.40. The smallest absolute Gasteiger partial charge is 0.161 e.